The van der Waals surface area contributed by atoms with Crippen LogP contribution in [0.15, 0.2) is 0 Å². The second-order valence-corrected chi connectivity index (χ2v) is 20.0. The van der Waals surface area contributed by atoms with Gasteiger partial charge in [0.1, 0.15) is 0 Å². The Morgan fingerprint density at radius 1 is 0.419 bits per heavy atom. The molecule has 0 heterocycles. The largest absolute Gasteiger partial charge is 0.398 e. The Morgan fingerprint density at radius 2 is 0.645 bits per heavy atom. The van der Waals surface area contributed by atoms with Crippen LogP contribution in [0.4, 0.5) is 0 Å². The molecule has 0 saturated carbocycles. The molecule has 0 aliphatic rings. The fourth-order valence-electron chi connectivity index (χ4n) is 3.93. The van der Waals surface area contributed by atoms with E-state index in [1.807, 2.05) is 0 Å². The van der Waals surface area contributed by atoms with E-state index in [4.69, 9.17) is 26.6 Å². The van der Waals surface area contributed by atoms with E-state index < -0.39 is 25.7 Å². The van der Waals surface area contributed by atoms with Gasteiger partial charge in [0, 0.05) is 42.7 Å². The average molecular weight is 497 g/mol. The van der Waals surface area contributed by atoms with Crippen LogP contribution in [0.3, 0.4) is 0 Å². The normalized spacial score (nSPS) is 13.4. The number of unbranched alkanes of at least 4 members (excludes halogenated alkanes) is 3. The van der Waals surface area contributed by atoms with Crippen LogP contribution in [-0.2, 0) is 26.6 Å². The molecule has 0 aromatic carbocycles. The minimum Gasteiger partial charge on any atom is -0.398 e. The molecule has 0 saturated heterocycles. The lowest BCUT2D eigenvalue weighted by Crippen LogP contribution is -2.35. The number of hydrogen-bond acceptors (Lipinski definition) is 6. The fraction of sp³-hybridized carbons (Fsp3) is 1.00. The monoisotopic (exact) mass is 496 g/mol. The SMILES string of the molecule is CO[Si](C)(CCCCC(CCCC[Si](C)(OC)OC)CCCC[Si](C)(OC)OC)OC. The molecule has 0 aromatic heterocycles. The van der Waals surface area contributed by atoms with Gasteiger partial charge in [-0.25, -0.2) is 0 Å². The summed E-state index contributed by atoms with van der Waals surface area (Å²) in [5.74, 6) is 0.786. The Kier molecular flexibility index (Phi) is 17.2. The highest BCUT2D eigenvalue weighted by Gasteiger charge is 2.29. The highest BCUT2D eigenvalue weighted by atomic mass is 28.4. The van der Waals surface area contributed by atoms with Crippen molar-refractivity contribution in [2.75, 3.05) is 42.7 Å². The van der Waals surface area contributed by atoms with Crippen LogP contribution < -0.4 is 0 Å². The molecule has 31 heavy (non-hydrogen) atoms. The molecule has 0 N–H and O–H groups in total. The molecule has 6 nitrogen and oxygen atoms in total. The molecule has 9 heteroatoms. The van der Waals surface area contributed by atoms with Crippen molar-refractivity contribution in [2.24, 2.45) is 5.92 Å². The molecule has 0 fully saturated rings. The third kappa shape index (κ3) is 13.6. The second kappa shape index (κ2) is 16.9. The molecular weight excluding hydrogens is 444 g/mol. The second-order valence-electron chi connectivity index (χ2n) is 9.23. The van der Waals surface area contributed by atoms with E-state index in [2.05, 4.69) is 19.6 Å². The maximum Gasteiger partial charge on any atom is 0.334 e. The third-order valence-corrected chi connectivity index (χ3v) is 16.0. The Morgan fingerprint density at radius 3 is 0.839 bits per heavy atom. The Labute approximate surface area is 196 Å². The Balaban J connectivity index is 4.50. The van der Waals surface area contributed by atoms with Crippen molar-refractivity contribution in [3.63, 3.8) is 0 Å². The molecule has 188 valence electrons. The van der Waals surface area contributed by atoms with Crippen LogP contribution in [0.1, 0.15) is 57.8 Å². The smallest absolute Gasteiger partial charge is 0.334 e. The molecule has 0 rings (SSSR count). The van der Waals surface area contributed by atoms with Gasteiger partial charge in [0.05, 0.1) is 0 Å². The Hall–Kier alpha value is 0.411. The first-order valence-electron chi connectivity index (χ1n) is 12.0. The zero-order valence-electron chi connectivity index (χ0n) is 22.0. The molecule has 0 aliphatic heterocycles. The minimum atomic E-state index is -1.94. The van der Waals surface area contributed by atoms with Crippen molar-refractivity contribution in [1.82, 2.24) is 0 Å². The van der Waals surface area contributed by atoms with Gasteiger partial charge >= 0.3 is 25.7 Å². The molecule has 0 amide bonds. The molecule has 0 aromatic rings. The van der Waals surface area contributed by atoms with Gasteiger partial charge in [-0.1, -0.05) is 57.8 Å². The van der Waals surface area contributed by atoms with Gasteiger partial charge < -0.3 is 26.6 Å². The molecular formula is C22H52O6Si3. The Bertz CT molecular complexity index is 368. The van der Waals surface area contributed by atoms with E-state index in [1.165, 1.54) is 57.8 Å². The molecule has 0 unspecified atom stereocenters. The van der Waals surface area contributed by atoms with Gasteiger partial charge in [0.25, 0.3) is 0 Å². The molecule has 0 spiro atoms. The zero-order chi connectivity index (χ0) is 23.8. The minimum absolute atomic E-state index is 0.786. The summed E-state index contributed by atoms with van der Waals surface area (Å²) in [5, 5.41) is 0. The van der Waals surface area contributed by atoms with Crippen molar-refractivity contribution in [1.29, 1.82) is 0 Å². The summed E-state index contributed by atoms with van der Waals surface area (Å²) in [6.07, 6.45) is 11.2. The lowest BCUT2D eigenvalue weighted by molar-refractivity contribution is 0.246. The first-order chi connectivity index (χ1) is 14.6. The van der Waals surface area contributed by atoms with Crippen molar-refractivity contribution < 1.29 is 26.6 Å². The van der Waals surface area contributed by atoms with Gasteiger partial charge in [-0.2, -0.15) is 0 Å². The molecule has 0 radical (unpaired) electrons. The van der Waals surface area contributed by atoms with Crippen LogP contribution in [0.25, 0.3) is 0 Å². The van der Waals surface area contributed by atoms with Crippen molar-refractivity contribution >= 4 is 25.7 Å². The summed E-state index contributed by atoms with van der Waals surface area (Å²) in [6.45, 7) is 6.47. The lowest BCUT2D eigenvalue weighted by atomic mass is 9.91. The van der Waals surface area contributed by atoms with E-state index in [9.17, 15) is 0 Å². The van der Waals surface area contributed by atoms with E-state index >= 15 is 0 Å². The van der Waals surface area contributed by atoms with Crippen LogP contribution in [0, 0.1) is 5.92 Å². The van der Waals surface area contributed by atoms with Gasteiger partial charge in [-0.15, -0.1) is 0 Å². The summed E-state index contributed by atoms with van der Waals surface area (Å²) in [7, 11) is 4.90. The molecule has 0 bridgehead atoms. The van der Waals surface area contributed by atoms with E-state index in [0.29, 0.717) is 0 Å². The third-order valence-electron chi connectivity index (χ3n) is 7.07. The summed E-state index contributed by atoms with van der Waals surface area (Å²) in [4.78, 5) is 0. The number of hydrogen-bond donors (Lipinski definition) is 0. The zero-order valence-corrected chi connectivity index (χ0v) is 25.0. The van der Waals surface area contributed by atoms with Crippen molar-refractivity contribution in [2.45, 2.75) is 95.6 Å². The van der Waals surface area contributed by atoms with Crippen molar-refractivity contribution in [3.05, 3.63) is 0 Å². The van der Waals surface area contributed by atoms with E-state index in [1.54, 1.807) is 42.7 Å². The summed E-state index contributed by atoms with van der Waals surface area (Å²) < 4.78 is 33.8. The standard InChI is InChI=1S/C22H52O6Si3/c1-23-29(7,24-2)19-13-10-16-22(17-11-14-20-30(8,25-3)26-4)18-12-15-21-31(9,27-5)28-6/h22H,10-21H2,1-9H3. The van der Waals surface area contributed by atoms with Crippen LogP contribution >= 0.6 is 0 Å². The van der Waals surface area contributed by atoms with Crippen LogP contribution in [0.5, 0.6) is 0 Å². The highest BCUT2D eigenvalue weighted by Crippen LogP contribution is 2.27. The maximum absolute atomic E-state index is 5.64. The number of rotatable bonds is 21. The maximum atomic E-state index is 5.64. The summed E-state index contributed by atoms with van der Waals surface area (Å²) in [6, 6.07) is 3.22. The fourth-order valence-corrected chi connectivity index (χ4v) is 8.33. The average Bonchev–Trinajstić information content (AvgIpc) is 2.80. The first kappa shape index (κ1) is 31.4. The van der Waals surface area contributed by atoms with Crippen molar-refractivity contribution in [3.8, 4) is 0 Å². The van der Waals surface area contributed by atoms with E-state index in [0.717, 1.165) is 24.1 Å². The first-order valence-corrected chi connectivity index (χ1v) is 19.5. The topological polar surface area (TPSA) is 55.4 Å². The van der Waals surface area contributed by atoms with Crippen LogP contribution in [0.2, 0.25) is 37.8 Å². The molecule has 0 aliphatic carbocycles. The van der Waals surface area contributed by atoms with Crippen LogP contribution in [-0.4, -0.2) is 68.3 Å². The highest BCUT2D eigenvalue weighted by molar-refractivity contribution is 6.66. The van der Waals surface area contributed by atoms with Gasteiger partial charge in [0.15, 0.2) is 0 Å². The predicted molar refractivity (Wildman–Crippen MR) is 136 cm³/mol. The molecule has 0 atom stereocenters. The quantitative estimate of drug-likeness (QED) is 0.139. The lowest BCUT2D eigenvalue weighted by Gasteiger charge is -2.25. The summed E-state index contributed by atoms with van der Waals surface area (Å²) >= 11 is 0. The van der Waals surface area contributed by atoms with Gasteiger partial charge in [-0.05, 0) is 43.7 Å². The van der Waals surface area contributed by atoms with E-state index in [-0.39, 0.29) is 0 Å². The predicted octanol–water partition coefficient (Wildman–Crippen LogP) is 6.21. The summed E-state index contributed by atoms with van der Waals surface area (Å²) in [5.41, 5.74) is 0. The van der Waals surface area contributed by atoms with Gasteiger partial charge in [0.2, 0.25) is 0 Å². The van der Waals surface area contributed by atoms with Gasteiger partial charge in [-0.3, -0.25) is 0 Å².